The molecule has 7 heteroatoms. The first-order chi connectivity index (χ1) is 11.9. The minimum atomic E-state index is -3.08. The Kier molecular flexibility index (Phi) is 6.36. The molecule has 1 saturated heterocycles. The van der Waals surface area contributed by atoms with Crippen molar-refractivity contribution in [1.82, 2.24) is 4.90 Å². The maximum absolute atomic E-state index is 12.4. The van der Waals surface area contributed by atoms with Gasteiger partial charge in [-0.05, 0) is 30.7 Å². The standard InChI is InChI=1S/C18H23NO5S/c1-3-10-19(15-9-11-25(22,23)13-15)18(21)12-24-16-7-5-14(6-8-16)17(20)4-2/h3,5-8,15H,1,4,9-13H2,2H3/t15-/m0/s1. The molecule has 1 aliphatic rings. The van der Waals surface area contributed by atoms with Crippen molar-refractivity contribution in [2.24, 2.45) is 0 Å². The molecule has 1 aromatic carbocycles. The molecule has 1 amide bonds. The first-order valence-corrected chi connectivity index (χ1v) is 10.0. The van der Waals surface area contributed by atoms with E-state index in [9.17, 15) is 18.0 Å². The van der Waals surface area contributed by atoms with E-state index in [2.05, 4.69) is 6.58 Å². The number of nitrogens with zero attached hydrogens (tertiary/aromatic N) is 1. The molecule has 1 aromatic rings. The van der Waals surface area contributed by atoms with Gasteiger partial charge in [-0.2, -0.15) is 0 Å². The summed E-state index contributed by atoms with van der Waals surface area (Å²) in [4.78, 5) is 25.5. The van der Waals surface area contributed by atoms with E-state index in [1.807, 2.05) is 0 Å². The largest absolute Gasteiger partial charge is 0.484 e. The second kappa shape index (κ2) is 8.29. The Morgan fingerprint density at radius 2 is 2.00 bits per heavy atom. The normalized spacial score (nSPS) is 18.5. The lowest BCUT2D eigenvalue weighted by molar-refractivity contribution is -0.134. The molecule has 0 bridgehead atoms. The average Bonchev–Trinajstić information content (AvgIpc) is 2.96. The second-order valence-corrected chi connectivity index (χ2v) is 8.21. The SMILES string of the molecule is C=CCN(C(=O)COc1ccc(C(=O)CC)cc1)[C@H]1CCS(=O)(=O)C1. The molecule has 0 N–H and O–H groups in total. The van der Waals surface area contributed by atoms with Crippen molar-refractivity contribution in [3.63, 3.8) is 0 Å². The molecule has 0 aromatic heterocycles. The summed E-state index contributed by atoms with van der Waals surface area (Å²) in [7, 11) is -3.08. The molecule has 1 heterocycles. The number of benzene rings is 1. The minimum absolute atomic E-state index is 0.0135. The summed E-state index contributed by atoms with van der Waals surface area (Å²) in [6, 6.07) is 6.29. The molecule has 1 aliphatic heterocycles. The van der Waals surface area contributed by atoms with Crippen molar-refractivity contribution in [2.75, 3.05) is 24.7 Å². The summed E-state index contributed by atoms with van der Waals surface area (Å²) < 4.78 is 28.8. The van der Waals surface area contributed by atoms with Crippen molar-refractivity contribution < 1.29 is 22.7 Å². The predicted octanol–water partition coefficient (Wildman–Crippen LogP) is 1.86. The Balaban J connectivity index is 1.97. The Labute approximate surface area is 148 Å². The van der Waals surface area contributed by atoms with Crippen molar-refractivity contribution in [3.05, 3.63) is 42.5 Å². The van der Waals surface area contributed by atoms with E-state index in [4.69, 9.17) is 4.74 Å². The number of rotatable bonds is 8. The number of ether oxygens (including phenoxy) is 1. The van der Waals surface area contributed by atoms with Crippen molar-refractivity contribution >= 4 is 21.5 Å². The van der Waals surface area contributed by atoms with Crippen LogP contribution in [0.1, 0.15) is 30.1 Å². The number of amides is 1. The molecule has 0 spiro atoms. The molecule has 1 fully saturated rings. The Hall–Kier alpha value is -2.15. The number of carbonyl (C=O) groups excluding carboxylic acids is 2. The quantitative estimate of drug-likeness (QED) is 0.519. The summed E-state index contributed by atoms with van der Waals surface area (Å²) in [5.74, 6) is 0.337. The maximum Gasteiger partial charge on any atom is 0.261 e. The molecule has 2 rings (SSSR count). The van der Waals surface area contributed by atoms with E-state index in [0.717, 1.165) is 0 Å². The average molecular weight is 365 g/mol. The lowest BCUT2D eigenvalue weighted by Gasteiger charge is -2.27. The highest BCUT2D eigenvalue weighted by Crippen LogP contribution is 2.19. The van der Waals surface area contributed by atoms with Gasteiger partial charge in [-0.1, -0.05) is 13.0 Å². The van der Waals surface area contributed by atoms with Crippen molar-refractivity contribution in [1.29, 1.82) is 0 Å². The molecular weight excluding hydrogens is 342 g/mol. The summed E-state index contributed by atoms with van der Waals surface area (Å²) >= 11 is 0. The highest BCUT2D eigenvalue weighted by Gasteiger charge is 2.34. The second-order valence-electron chi connectivity index (χ2n) is 5.98. The third-order valence-corrected chi connectivity index (χ3v) is 5.91. The number of ketones is 1. The zero-order valence-electron chi connectivity index (χ0n) is 14.3. The molecule has 136 valence electrons. The van der Waals surface area contributed by atoms with E-state index in [-0.39, 0.29) is 42.4 Å². The van der Waals surface area contributed by atoms with Crippen molar-refractivity contribution in [3.8, 4) is 5.75 Å². The fourth-order valence-corrected chi connectivity index (χ4v) is 4.51. The molecule has 6 nitrogen and oxygen atoms in total. The maximum atomic E-state index is 12.4. The van der Waals surface area contributed by atoms with E-state index in [1.54, 1.807) is 37.3 Å². The van der Waals surface area contributed by atoms with Gasteiger partial charge in [-0.15, -0.1) is 6.58 Å². The van der Waals surface area contributed by atoms with Gasteiger partial charge >= 0.3 is 0 Å². The fourth-order valence-electron chi connectivity index (χ4n) is 2.78. The smallest absolute Gasteiger partial charge is 0.261 e. The molecular formula is C18H23NO5S. The number of hydrogen-bond acceptors (Lipinski definition) is 5. The Bertz CT molecular complexity index is 739. The number of sulfone groups is 1. The summed E-state index contributed by atoms with van der Waals surface area (Å²) in [6.07, 6.45) is 2.45. The summed E-state index contributed by atoms with van der Waals surface area (Å²) in [6.45, 7) is 5.52. The van der Waals surface area contributed by atoms with Gasteiger partial charge in [-0.3, -0.25) is 9.59 Å². The highest BCUT2D eigenvalue weighted by atomic mass is 32.2. The van der Waals surface area contributed by atoms with Crippen LogP contribution in [-0.2, 0) is 14.6 Å². The molecule has 0 unspecified atom stereocenters. The van der Waals surface area contributed by atoms with E-state index in [1.165, 1.54) is 4.90 Å². The van der Waals surface area contributed by atoms with E-state index < -0.39 is 9.84 Å². The van der Waals surface area contributed by atoms with Crippen LogP contribution in [0.4, 0.5) is 0 Å². The monoisotopic (exact) mass is 365 g/mol. The molecule has 1 atom stereocenters. The zero-order chi connectivity index (χ0) is 18.4. The van der Waals surface area contributed by atoms with Gasteiger partial charge in [-0.25, -0.2) is 8.42 Å². The van der Waals surface area contributed by atoms with Gasteiger partial charge in [0.15, 0.2) is 22.2 Å². The lowest BCUT2D eigenvalue weighted by Crippen LogP contribution is -2.43. The van der Waals surface area contributed by atoms with E-state index >= 15 is 0 Å². The van der Waals surface area contributed by atoms with Crippen LogP contribution in [0.5, 0.6) is 5.75 Å². The lowest BCUT2D eigenvalue weighted by atomic mass is 10.1. The van der Waals surface area contributed by atoms with Gasteiger partial charge in [0.05, 0.1) is 11.5 Å². The van der Waals surface area contributed by atoms with Crippen LogP contribution in [-0.4, -0.2) is 55.7 Å². The highest BCUT2D eigenvalue weighted by molar-refractivity contribution is 7.91. The van der Waals surface area contributed by atoms with Crippen LogP contribution in [0.25, 0.3) is 0 Å². The van der Waals surface area contributed by atoms with Crippen LogP contribution in [0.15, 0.2) is 36.9 Å². The number of hydrogen-bond donors (Lipinski definition) is 0. The van der Waals surface area contributed by atoms with Crippen LogP contribution in [0.2, 0.25) is 0 Å². The fraction of sp³-hybridized carbons (Fsp3) is 0.444. The third kappa shape index (κ3) is 5.16. The summed E-state index contributed by atoms with van der Waals surface area (Å²) in [5.41, 5.74) is 0.602. The van der Waals surface area contributed by atoms with Crippen LogP contribution in [0.3, 0.4) is 0 Å². The number of Topliss-reactive ketones (excluding diaryl/α,β-unsaturated/α-hetero) is 1. The topological polar surface area (TPSA) is 80.8 Å². The van der Waals surface area contributed by atoms with Crippen LogP contribution >= 0.6 is 0 Å². The molecule has 0 aliphatic carbocycles. The summed E-state index contributed by atoms with van der Waals surface area (Å²) in [5, 5.41) is 0. The first-order valence-electron chi connectivity index (χ1n) is 8.23. The van der Waals surface area contributed by atoms with Gasteiger partial charge in [0.25, 0.3) is 5.91 Å². The molecule has 0 saturated carbocycles. The van der Waals surface area contributed by atoms with Crippen LogP contribution < -0.4 is 4.74 Å². The van der Waals surface area contributed by atoms with Gasteiger partial charge in [0.1, 0.15) is 5.75 Å². The zero-order valence-corrected chi connectivity index (χ0v) is 15.1. The number of carbonyl (C=O) groups is 2. The van der Waals surface area contributed by atoms with E-state index in [0.29, 0.717) is 24.2 Å². The van der Waals surface area contributed by atoms with Gasteiger partial charge in [0.2, 0.25) is 0 Å². The predicted molar refractivity (Wildman–Crippen MR) is 95.5 cm³/mol. The Morgan fingerprint density at radius 1 is 1.32 bits per heavy atom. The Morgan fingerprint density at radius 3 is 2.52 bits per heavy atom. The minimum Gasteiger partial charge on any atom is -0.484 e. The molecule has 25 heavy (non-hydrogen) atoms. The van der Waals surface area contributed by atoms with Crippen LogP contribution in [0, 0.1) is 0 Å². The van der Waals surface area contributed by atoms with Gasteiger partial charge in [0, 0.05) is 24.6 Å². The molecule has 0 radical (unpaired) electrons. The first kappa shape index (κ1) is 19.2. The third-order valence-electron chi connectivity index (χ3n) is 4.16. The van der Waals surface area contributed by atoms with Crippen molar-refractivity contribution in [2.45, 2.75) is 25.8 Å². The van der Waals surface area contributed by atoms with Gasteiger partial charge < -0.3 is 9.64 Å².